The van der Waals surface area contributed by atoms with E-state index in [1.54, 1.807) is 7.11 Å². The van der Waals surface area contributed by atoms with Crippen molar-refractivity contribution in [3.8, 4) is 0 Å². The van der Waals surface area contributed by atoms with Crippen LogP contribution in [0.15, 0.2) is 85.0 Å². The smallest absolute Gasteiger partial charge is 0.191 e. The van der Waals surface area contributed by atoms with Gasteiger partial charge in [-0.1, -0.05) is 120 Å². The van der Waals surface area contributed by atoms with Crippen LogP contribution in [0.25, 0.3) is 0 Å². The van der Waals surface area contributed by atoms with E-state index >= 15 is 0 Å². The molecule has 3 aliphatic rings. The summed E-state index contributed by atoms with van der Waals surface area (Å²) in [6, 6.07) is 20.3. The van der Waals surface area contributed by atoms with Gasteiger partial charge in [0, 0.05) is 24.7 Å². The zero-order valence-corrected chi connectivity index (χ0v) is 32.2. The topological polar surface area (TPSA) is 75.6 Å². The molecule has 49 heavy (non-hydrogen) atoms. The SMILES string of the molecule is C/C=C/[C@@]1(O)[C@H](OCOC)[C@H]2CC[C@]1(/C=C/[C@]1(OCc3ccccc3)CO[C@@H](c3ccccc3)O[C@H]1CCO[Si](C)(C)C(C)(C)C)C2(C)C. The third kappa shape index (κ3) is 7.18. The molecule has 2 aliphatic carbocycles. The highest BCUT2D eigenvalue weighted by atomic mass is 28.4. The van der Waals surface area contributed by atoms with Crippen molar-refractivity contribution in [2.45, 2.75) is 115 Å². The number of benzene rings is 2. The van der Waals surface area contributed by atoms with Crippen molar-refractivity contribution in [1.82, 2.24) is 0 Å². The van der Waals surface area contributed by atoms with Crippen molar-refractivity contribution in [1.29, 1.82) is 0 Å². The maximum atomic E-state index is 12.7. The number of fused-ring (bicyclic) bond motifs is 2. The van der Waals surface area contributed by atoms with Gasteiger partial charge in [0.25, 0.3) is 0 Å². The summed E-state index contributed by atoms with van der Waals surface area (Å²) in [5, 5.41) is 12.8. The first-order valence-corrected chi connectivity index (χ1v) is 20.9. The van der Waals surface area contributed by atoms with Crippen LogP contribution in [0.2, 0.25) is 18.1 Å². The highest BCUT2D eigenvalue weighted by Crippen LogP contribution is 2.71. The third-order valence-electron chi connectivity index (χ3n) is 12.2. The Kier molecular flexibility index (Phi) is 11.5. The van der Waals surface area contributed by atoms with Crippen LogP contribution in [0.3, 0.4) is 0 Å². The molecule has 2 aromatic rings. The van der Waals surface area contributed by atoms with Crippen molar-refractivity contribution in [2.75, 3.05) is 27.1 Å². The highest BCUT2D eigenvalue weighted by molar-refractivity contribution is 6.74. The predicted molar refractivity (Wildman–Crippen MR) is 196 cm³/mol. The van der Waals surface area contributed by atoms with E-state index in [4.69, 9.17) is 28.1 Å². The summed E-state index contributed by atoms with van der Waals surface area (Å²) in [4.78, 5) is 0. The quantitative estimate of drug-likeness (QED) is 0.121. The van der Waals surface area contributed by atoms with Crippen LogP contribution in [-0.2, 0) is 34.7 Å². The highest BCUT2D eigenvalue weighted by Gasteiger charge is 2.74. The molecule has 1 saturated heterocycles. The average molecular weight is 693 g/mol. The lowest BCUT2D eigenvalue weighted by atomic mass is 9.62. The number of hydrogen-bond acceptors (Lipinski definition) is 7. The van der Waals surface area contributed by atoms with Crippen molar-refractivity contribution in [2.24, 2.45) is 16.7 Å². The molecule has 0 unspecified atom stereocenters. The second-order valence-corrected chi connectivity index (χ2v) is 21.1. The minimum Gasteiger partial charge on any atom is -0.417 e. The molecule has 3 fully saturated rings. The molecule has 7 atom stereocenters. The Bertz CT molecular complexity index is 1420. The summed E-state index contributed by atoms with van der Waals surface area (Å²) in [5.74, 6) is 0.143. The Morgan fingerprint density at radius 2 is 1.65 bits per heavy atom. The fourth-order valence-electron chi connectivity index (χ4n) is 8.27. The van der Waals surface area contributed by atoms with E-state index < -0.39 is 37.3 Å². The van der Waals surface area contributed by atoms with Gasteiger partial charge in [0.2, 0.25) is 0 Å². The number of allylic oxidation sites excluding steroid dienone is 1. The molecule has 7 nitrogen and oxygen atoms in total. The van der Waals surface area contributed by atoms with Gasteiger partial charge in [0.15, 0.2) is 14.6 Å². The zero-order chi connectivity index (χ0) is 35.6. The number of methoxy groups -OCH3 is 1. The van der Waals surface area contributed by atoms with Crippen LogP contribution in [0.5, 0.6) is 0 Å². The second kappa shape index (κ2) is 14.8. The Hall–Kier alpha value is -2.14. The average Bonchev–Trinajstić information content (AvgIpc) is 3.40. The molecule has 0 spiro atoms. The lowest BCUT2D eigenvalue weighted by molar-refractivity contribution is -0.295. The summed E-state index contributed by atoms with van der Waals surface area (Å²) < 4.78 is 38.9. The van der Waals surface area contributed by atoms with Crippen molar-refractivity contribution < 1.29 is 33.2 Å². The van der Waals surface area contributed by atoms with E-state index in [9.17, 15) is 5.11 Å². The molecule has 1 N–H and O–H groups in total. The maximum absolute atomic E-state index is 12.7. The lowest BCUT2D eigenvalue weighted by Crippen LogP contribution is -2.56. The van der Waals surface area contributed by atoms with Gasteiger partial charge < -0.3 is 33.2 Å². The fourth-order valence-corrected chi connectivity index (χ4v) is 9.33. The molecule has 2 bridgehead atoms. The van der Waals surface area contributed by atoms with Crippen molar-refractivity contribution in [3.05, 3.63) is 96.1 Å². The minimum atomic E-state index is -2.02. The van der Waals surface area contributed by atoms with Crippen LogP contribution < -0.4 is 0 Å². The van der Waals surface area contributed by atoms with Crippen LogP contribution in [-0.4, -0.2) is 64.0 Å². The van der Waals surface area contributed by atoms with E-state index in [1.807, 2.05) is 67.6 Å². The molecule has 8 heteroatoms. The monoisotopic (exact) mass is 692 g/mol. The molecule has 1 aliphatic heterocycles. The largest absolute Gasteiger partial charge is 0.417 e. The number of aliphatic hydroxyl groups is 1. The molecule has 5 rings (SSSR count). The molecule has 0 aromatic heterocycles. The van der Waals surface area contributed by atoms with Crippen LogP contribution in [0.4, 0.5) is 0 Å². The summed E-state index contributed by atoms with van der Waals surface area (Å²) in [7, 11) is -0.394. The number of hydrogen-bond donors (Lipinski definition) is 1. The number of rotatable bonds is 14. The van der Waals surface area contributed by atoms with Crippen LogP contribution >= 0.6 is 0 Å². The molecule has 270 valence electrons. The molecule has 0 amide bonds. The summed E-state index contributed by atoms with van der Waals surface area (Å²) >= 11 is 0. The van der Waals surface area contributed by atoms with Gasteiger partial charge in [0.05, 0.1) is 25.4 Å². The van der Waals surface area contributed by atoms with E-state index in [2.05, 4.69) is 72.0 Å². The standard InChI is InChI=1S/C41H60O7Si/c1-10-23-41(42)35(45-30-43-7)33-21-24-40(41,38(33,5)6)26-25-39(46-28-31-17-13-11-14-18-31)29-44-36(32-19-15-12-16-20-32)48-34(39)22-27-47-49(8,9)37(2,3)4/h10-20,23,25-26,33-36,42H,21-22,24,27-30H2,1-9H3/b23-10+,26-25+/t33-,34+,35-,36-,39+,40+,41-/m1/s1. The number of ether oxygens (including phenoxy) is 5. The Balaban J connectivity index is 1.57. The summed E-state index contributed by atoms with van der Waals surface area (Å²) in [6.07, 6.45) is 9.30. The molecular formula is C41H60O7Si. The van der Waals surface area contributed by atoms with E-state index in [0.29, 0.717) is 19.6 Å². The van der Waals surface area contributed by atoms with Crippen LogP contribution in [0.1, 0.15) is 78.2 Å². The van der Waals surface area contributed by atoms with Gasteiger partial charge in [-0.2, -0.15) is 0 Å². The van der Waals surface area contributed by atoms with E-state index in [1.165, 1.54) is 0 Å². The van der Waals surface area contributed by atoms with Gasteiger partial charge in [-0.25, -0.2) is 0 Å². The molecular weight excluding hydrogens is 633 g/mol. The van der Waals surface area contributed by atoms with Gasteiger partial charge in [-0.15, -0.1) is 0 Å². The van der Waals surface area contributed by atoms with Crippen molar-refractivity contribution >= 4 is 8.32 Å². The Morgan fingerprint density at radius 3 is 2.29 bits per heavy atom. The van der Waals surface area contributed by atoms with E-state index in [0.717, 1.165) is 24.0 Å². The summed E-state index contributed by atoms with van der Waals surface area (Å²) in [6.45, 7) is 19.2. The molecule has 1 heterocycles. The first kappa shape index (κ1) is 38.1. The fraction of sp³-hybridized carbons (Fsp3) is 0.610. The second-order valence-electron chi connectivity index (χ2n) is 16.3. The van der Waals surface area contributed by atoms with Crippen LogP contribution in [0, 0.1) is 16.7 Å². The van der Waals surface area contributed by atoms with Gasteiger partial charge in [0.1, 0.15) is 18.0 Å². The van der Waals surface area contributed by atoms with Gasteiger partial charge in [-0.05, 0) is 61.2 Å². The molecule has 2 aromatic carbocycles. The summed E-state index contributed by atoms with van der Waals surface area (Å²) in [5.41, 5.74) is -1.07. The Morgan fingerprint density at radius 1 is 0.980 bits per heavy atom. The first-order chi connectivity index (χ1) is 23.2. The van der Waals surface area contributed by atoms with E-state index in [-0.39, 0.29) is 35.9 Å². The maximum Gasteiger partial charge on any atom is 0.191 e. The molecule has 0 radical (unpaired) electrons. The molecule has 2 saturated carbocycles. The van der Waals surface area contributed by atoms with Gasteiger partial charge >= 0.3 is 0 Å². The van der Waals surface area contributed by atoms with Gasteiger partial charge in [-0.3, -0.25) is 0 Å². The zero-order valence-electron chi connectivity index (χ0n) is 31.2. The lowest BCUT2D eigenvalue weighted by Gasteiger charge is -2.48. The minimum absolute atomic E-state index is 0.0851. The normalized spacial score (nSPS) is 33.2. The van der Waals surface area contributed by atoms with Crippen molar-refractivity contribution in [3.63, 3.8) is 0 Å². The first-order valence-electron chi connectivity index (χ1n) is 18.0. The third-order valence-corrected chi connectivity index (χ3v) is 16.8. The predicted octanol–water partition coefficient (Wildman–Crippen LogP) is 8.76. The Labute approximate surface area is 296 Å².